The molecular formula is C13H14ClFN2. The quantitative estimate of drug-likeness (QED) is 0.892. The molecule has 0 bridgehead atoms. The molecule has 4 heteroatoms. The molecule has 17 heavy (non-hydrogen) atoms. The number of fused-ring (bicyclic) bond motifs is 1. The number of aromatic nitrogens is 1. The molecule has 0 unspecified atom stereocenters. The maximum absolute atomic E-state index is 13.8. The fraction of sp³-hybridized carbons (Fsp3) is 0.308. The molecule has 0 saturated heterocycles. The molecule has 1 aromatic heterocycles. The van der Waals surface area contributed by atoms with Crippen LogP contribution in [0.1, 0.15) is 19.5 Å². The van der Waals surface area contributed by atoms with Gasteiger partial charge in [-0.25, -0.2) is 9.37 Å². The largest absolute Gasteiger partial charge is 0.385 e. The van der Waals surface area contributed by atoms with Crippen molar-refractivity contribution in [1.29, 1.82) is 0 Å². The van der Waals surface area contributed by atoms with Gasteiger partial charge in [-0.15, -0.1) is 0 Å². The van der Waals surface area contributed by atoms with E-state index in [1.807, 2.05) is 19.9 Å². The molecule has 0 spiro atoms. The number of benzene rings is 1. The summed E-state index contributed by atoms with van der Waals surface area (Å²) in [6, 6.07) is 4.98. The van der Waals surface area contributed by atoms with Gasteiger partial charge in [0.25, 0.3) is 0 Å². The Hall–Kier alpha value is -1.35. The summed E-state index contributed by atoms with van der Waals surface area (Å²) in [7, 11) is 0. The normalized spacial score (nSPS) is 10.8. The molecule has 0 saturated carbocycles. The summed E-state index contributed by atoms with van der Waals surface area (Å²) in [6.45, 7) is 4.77. The second-order valence-electron chi connectivity index (χ2n) is 3.83. The van der Waals surface area contributed by atoms with Crippen LogP contribution in [-0.4, -0.2) is 11.5 Å². The van der Waals surface area contributed by atoms with Gasteiger partial charge in [-0.1, -0.05) is 18.5 Å². The number of anilines is 1. The molecule has 0 aliphatic rings. The van der Waals surface area contributed by atoms with Crippen molar-refractivity contribution < 1.29 is 4.39 Å². The van der Waals surface area contributed by atoms with Crippen LogP contribution in [-0.2, 0) is 6.42 Å². The molecule has 0 amide bonds. The van der Waals surface area contributed by atoms with Crippen LogP contribution in [0.2, 0.25) is 5.02 Å². The van der Waals surface area contributed by atoms with Gasteiger partial charge in [0, 0.05) is 28.3 Å². The first-order valence-electron chi connectivity index (χ1n) is 5.68. The molecule has 1 N–H and O–H groups in total. The Bertz CT molecular complexity index is 555. The lowest BCUT2D eigenvalue weighted by atomic mass is 10.1. The highest BCUT2D eigenvalue weighted by molar-refractivity contribution is 6.31. The summed E-state index contributed by atoms with van der Waals surface area (Å²) in [5.41, 5.74) is 2.13. The van der Waals surface area contributed by atoms with Gasteiger partial charge in [-0.05, 0) is 31.5 Å². The van der Waals surface area contributed by atoms with E-state index in [2.05, 4.69) is 10.3 Å². The van der Waals surface area contributed by atoms with E-state index in [1.54, 1.807) is 6.07 Å². The summed E-state index contributed by atoms with van der Waals surface area (Å²) >= 11 is 5.87. The molecule has 2 rings (SSSR count). The van der Waals surface area contributed by atoms with Gasteiger partial charge >= 0.3 is 0 Å². The zero-order chi connectivity index (χ0) is 12.4. The summed E-state index contributed by atoms with van der Waals surface area (Å²) < 4.78 is 13.8. The van der Waals surface area contributed by atoms with Crippen LogP contribution in [0.3, 0.4) is 0 Å². The van der Waals surface area contributed by atoms with Gasteiger partial charge in [0.05, 0.1) is 0 Å². The number of hydrogen-bond acceptors (Lipinski definition) is 2. The molecule has 1 aromatic carbocycles. The Morgan fingerprint density at radius 3 is 2.71 bits per heavy atom. The van der Waals surface area contributed by atoms with E-state index >= 15 is 0 Å². The highest BCUT2D eigenvalue weighted by Crippen LogP contribution is 2.28. The van der Waals surface area contributed by atoms with Crippen LogP contribution in [0.25, 0.3) is 10.9 Å². The van der Waals surface area contributed by atoms with Crippen molar-refractivity contribution in [2.45, 2.75) is 20.3 Å². The van der Waals surface area contributed by atoms with Crippen LogP contribution < -0.4 is 5.32 Å². The minimum absolute atomic E-state index is 0.373. The minimum Gasteiger partial charge on any atom is -0.385 e. The van der Waals surface area contributed by atoms with Crippen molar-refractivity contribution in [2.75, 3.05) is 11.9 Å². The van der Waals surface area contributed by atoms with E-state index in [0.717, 1.165) is 29.7 Å². The molecule has 90 valence electrons. The van der Waals surface area contributed by atoms with Crippen LogP contribution in [0.5, 0.6) is 0 Å². The van der Waals surface area contributed by atoms with Gasteiger partial charge in [-0.3, -0.25) is 0 Å². The highest BCUT2D eigenvalue weighted by atomic mass is 35.5. The van der Waals surface area contributed by atoms with Crippen molar-refractivity contribution in [3.63, 3.8) is 0 Å². The third-order valence-electron chi connectivity index (χ3n) is 2.61. The number of nitrogens with one attached hydrogen (secondary N) is 1. The molecule has 0 fully saturated rings. The number of halogens is 2. The summed E-state index contributed by atoms with van der Waals surface area (Å²) in [6.07, 6.45) is 0.774. The topological polar surface area (TPSA) is 24.9 Å². The maximum Gasteiger partial charge on any atom is 0.150 e. The Labute approximate surface area is 105 Å². The number of rotatable bonds is 3. The van der Waals surface area contributed by atoms with Crippen molar-refractivity contribution >= 4 is 28.2 Å². The summed E-state index contributed by atoms with van der Waals surface area (Å²) in [5.74, 6) is -0.373. The van der Waals surface area contributed by atoms with Gasteiger partial charge in [-0.2, -0.15) is 0 Å². The number of hydrogen-bond donors (Lipinski definition) is 1. The number of nitrogens with zero attached hydrogens (tertiary/aromatic N) is 1. The molecule has 2 nitrogen and oxygen atoms in total. The third kappa shape index (κ3) is 2.34. The average molecular weight is 253 g/mol. The van der Waals surface area contributed by atoms with Crippen LogP contribution in [0.4, 0.5) is 10.1 Å². The van der Waals surface area contributed by atoms with E-state index in [-0.39, 0.29) is 5.82 Å². The third-order valence-corrected chi connectivity index (χ3v) is 2.83. The Kier molecular flexibility index (Phi) is 3.48. The van der Waals surface area contributed by atoms with Crippen LogP contribution >= 0.6 is 11.6 Å². The second-order valence-corrected chi connectivity index (χ2v) is 4.27. The first kappa shape index (κ1) is 12.1. The lowest BCUT2D eigenvalue weighted by Crippen LogP contribution is -2.01. The molecule has 2 aromatic rings. The van der Waals surface area contributed by atoms with Crippen molar-refractivity contribution in [3.8, 4) is 0 Å². The van der Waals surface area contributed by atoms with Gasteiger partial charge in [0.15, 0.2) is 5.82 Å². The summed E-state index contributed by atoms with van der Waals surface area (Å²) in [5, 5.41) is 4.33. The van der Waals surface area contributed by atoms with E-state index in [9.17, 15) is 4.39 Å². The van der Waals surface area contributed by atoms with Crippen LogP contribution in [0, 0.1) is 5.82 Å². The predicted octanol–water partition coefficient (Wildman–Crippen LogP) is 4.02. The molecular weight excluding hydrogens is 239 g/mol. The fourth-order valence-corrected chi connectivity index (χ4v) is 2.03. The van der Waals surface area contributed by atoms with Crippen molar-refractivity contribution in [1.82, 2.24) is 4.98 Å². The highest BCUT2D eigenvalue weighted by Gasteiger charge is 2.10. The Morgan fingerprint density at radius 2 is 2.06 bits per heavy atom. The smallest absolute Gasteiger partial charge is 0.150 e. The zero-order valence-corrected chi connectivity index (χ0v) is 10.6. The molecule has 1 heterocycles. The second kappa shape index (κ2) is 4.88. The standard InChI is InChI=1S/C13H14ClFN2/c1-3-9-7-12(16-4-2)10-5-8(14)6-11(15)13(10)17-9/h5-7H,3-4H2,1-2H3,(H,16,17). The van der Waals surface area contributed by atoms with Crippen LogP contribution in [0.15, 0.2) is 18.2 Å². The minimum atomic E-state index is -0.373. The average Bonchev–Trinajstić information content (AvgIpc) is 2.30. The van der Waals surface area contributed by atoms with Gasteiger partial charge in [0.2, 0.25) is 0 Å². The summed E-state index contributed by atoms with van der Waals surface area (Å²) in [4.78, 5) is 4.30. The van der Waals surface area contributed by atoms with Crippen molar-refractivity contribution in [2.24, 2.45) is 0 Å². The van der Waals surface area contributed by atoms with Gasteiger partial charge in [0.1, 0.15) is 5.52 Å². The molecule has 0 aliphatic heterocycles. The maximum atomic E-state index is 13.8. The lowest BCUT2D eigenvalue weighted by molar-refractivity contribution is 0.636. The fourth-order valence-electron chi connectivity index (χ4n) is 1.82. The van der Waals surface area contributed by atoms with E-state index in [0.29, 0.717) is 10.5 Å². The molecule has 0 atom stereocenters. The molecule has 0 aliphatic carbocycles. The zero-order valence-electron chi connectivity index (χ0n) is 9.85. The van der Waals surface area contributed by atoms with Gasteiger partial charge < -0.3 is 5.32 Å². The Balaban J connectivity index is 2.76. The number of aryl methyl sites for hydroxylation is 1. The van der Waals surface area contributed by atoms with Crippen molar-refractivity contribution in [3.05, 3.63) is 34.7 Å². The first-order valence-corrected chi connectivity index (χ1v) is 6.06. The SMILES string of the molecule is CCNc1cc(CC)nc2c(F)cc(Cl)cc12. The lowest BCUT2D eigenvalue weighted by Gasteiger charge is -2.10. The van der Waals surface area contributed by atoms with E-state index in [4.69, 9.17) is 11.6 Å². The van der Waals surface area contributed by atoms with E-state index in [1.165, 1.54) is 6.07 Å². The predicted molar refractivity (Wildman–Crippen MR) is 70.3 cm³/mol. The monoisotopic (exact) mass is 252 g/mol. The first-order chi connectivity index (χ1) is 8.15. The number of pyridine rings is 1. The Morgan fingerprint density at radius 1 is 1.29 bits per heavy atom. The molecule has 0 radical (unpaired) electrons. The van der Waals surface area contributed by atoms with E-state index < -0.39 is 0 Å².